The van der Waals surface area contributed by atoms with Crippen LogP contribution in [0.4, 0.5) is 16.2 Å². The van der Waals surface area contributed by atoms with Gasteiger partial charge in [-0.15, -0.1) is 0 Å². The molecule has 0 saturated carbocycles. The molecule has 9 heteroatoms. The first-order valence-corrected chi connectivity index (χ1v) is 9.72. The Morgan fingerprint density at radius 1 is 1.21 bits per heavy atom. The van der Waals surface area contributed by atoms with Crippen molar-refractivity contribution in [3.63, 3.8) is 0 Å². The van der Waals surface area contributed by atoms with Gasteiger partial charge in [-0.25, -0.2) is 4.99 Å². The first-order valence-electron chi connectivity index (χ1n) is 8.84. The number of aliphatic imine (C=N–C) groups is 1. The monoisotopic (exact) mass is 412 g/mol. The van der Waals surface area contributed by atoms with Crippen molar-refractivity contribution in [1.29, 1.82) is 0 Å². The number of rotatable bonds is 4. The van der Waals surface area contributed by atoms with Crippen LogP contribution in [0.15, 0.2) is 47.5 Å². The summed E-state index contributed by atoms with van der Waals surface area (Å²) in [5.74, 6) is -0.276. The van der Waals surface area contributed by atoms with Crippen molar-refractivity contribution < 1.29 is 19.6 Å². The molecule has 1 saturated heterocycles. The summed E-state index contributed by atoms with van der Waals surface area (Å²) < 4.78 is 0. The van der Waals surface area contributed by atoms with Gasteiger partial charge in [0.15, 0.2) is 11.3 Å². The van der Waals surface area contributed by atoms with Crippen molar-refractivity contribution in [3.05, 3.63) is 69.3 Å². The minimum atomic E-state index is -1.65. The van der Waals surface area contributed by atoms with Gasteiger partial charge in [-0.3, -0.25) is 19.8 Å². The maximum absolute atomic E-state index is 13.3. The van der Waals surface area contributed by atoms with Crippen LogP contribution >= 0.6 is 11.8 Å². The molecular formula is C20H18N3O5S-. The highest BCUT2D eigenvalue weighted by molar-refractivity contribution is 8.15. The second-order valence-electron chi connectivity index (χ2n) is 6.90. The summed E-state index contributed by atoms with van der Waals surface area (Å²) in [7, 11) is 0. The van der Waals surface area contributed by atoms with E-state index in [1.165, 1.54) is 29.2 Å². The summed E-state index contributed by atoms with van der Waals surface area (Å²) in [6.45, 7) is 5.83. The maximum Gasteiger partial charge on any atom is 0.269 e. The van der Waals surface area contributed by atoms with Gasteiger partial charge >= 0.3 is 0 Å². The molecule has 29 heavy (non-hydrogen) atoms. The molecule has 3 rings (SSSR count). The van der Waals surface area contributed by atoms with E-state index < -0.39 is 16.3 Å². The maximum atomic E-state index is 13.3. The molecule has 0 radical (unpaired) electrons. The smallest absolute Gasteiger partial charge is 0.269 e. The fourth-order valence-electron chi connectivity index (χ4n) is 3.11. The van der Waals surface area contributed by atoms with Crippen LogP contribution < -0.4 is 10.0 Å². The number of hydrogen-bond donors (Lipinski definition) is 0. The summed E-state index contributed by atoms with van der Waals surface area (Å²) >= 11 is 0.979. The summed E-state index contributed by atoms with van der Waals surface area (Å²) in [6, 6.07) is 11.3. The lowest BCUT2D eigenvalue weighted by Gasteiger charge is -2.22. The zero-order valence-electron chi connectivity index (χ0n) is 16.0. The molecule has 1 fully saturated rings. The third-order valence-corrected chi connectivity index (χ3v) is 5.70. The number of nitro benzene ring substituents is 1. The number of amides is 2. The predicted molar refractivity (Wildman–Crippen MR) is 109 cm³/mol. The Morgan fingerprint density at radius 3 is 2.41 bits per heavy atom. The van der Waals surface area contributed by atoms with Crippen molar-refractivity contribution >= 4 is 40.3 Å². The van der Waals surface area contributed by atoms with Crippen LogP contribution in [0, 0.1) is 17.0 Å². The zero-order valence-corrected chi connectivity index (χ0v) is 16.8. The molecule has 150 valence electrons. The Labute approximate surface area is 171 Å². The van der Waals surface area contributed by atoms with Crippen LogP contribution in [0.3, 0.4) is 0 Å². The Hall–Kier alpha value is -3.20. The van der Waals surface area contributed by atoms with Crippen molar-refractivity contribution in [2.75, 3.05) is 4.90 Å². The van der Waals surface area contributed by atoms with Gasteiger partial charge in [0, 0.05) is 12.1 Å². The number of anilines is 1. The number of carbonyl (C=O) groups excluding carboxylic acids is 2. The molecule has 0 aliphatic carbocycles. The van der Waals surface area contributed by atoms with Crippen LogP contribution in [-0.4, -0.2) is 22.1 Å². The first kappa shape index (κ1) is 20.5. The van der Waals surface area contributed by atoms with Crippen LogP contribution in [0.5, 0.6) is 0 Å². The number of hydrogen-bond acceptors (Lipinski definition) is 6. The average molecular weight is 412 g/mol. The Morgan fingerprint density at radius 2 is 1.86 bits per heavy atom. The number of non-ortho nitro benzene ring substituents is 1. The van der Waals surface area contributed by atoms with Crippen LogP contribution in [0.25, 0.3) is 0 Å². The van der Waals surface area contributed by atoms with Crippen molar-refractivity contribution in [2.45, 2.75) is 31.9 Å². The largest absolute Gasteiger partial charge is 0.528 e. The van der Waals surface area contributed by atoms with Gasteiger partial charge in [0.25, 0.3) is 11.6 Å². The second-order valence-corrected chi connectivity index (χ2v) is 7.97. The minimum absolute atomic E-state index is 0.00542. The SMILES string of the molecule is Cc1ccc(C(C)C)c(N2C(=O)C(c3ccc([N+](=O)[O-])cc3)SC2=NC(=O)[O-])c1. The van der Waals surface area contributed by atoms with E-state index in [-0.39, 0.29) is 22.7 Å². The minimum Gasteiger partial charge on any atom is -0.528 e. The molecule has 2 aromatic carbocycles. The van der Waals surface area contributed by atoms with Gasteiger partial charge in [-0.1, -0.05) is 49.9 Å². The van der Waals surface area contributed by atoms with Gasteiger partial charge in [0.2, 0.25) is 0 Å². The molecule has 0 N–H and O–H groups in total. The summed E-state index contributed by atoms with van der Waals surface area (Å²) in [5.41, 5.74) is 2.79. The summed E-state index contributed by atoms with van der Waals surface area (Å²) in [5, 5.41) is 21.3. The average Bonchev–Trinajstić information content (AvgIpc) is 2.96. The number of aryl methyl sites for hydroxylation is 1. The molecule has 1 aliphatic heterocycles. The van der Waals surface area contributed by atoms with E-state index in [4.69, 9.17) is 0 Å². The first-order chi connectivity index (χ1) is 13.7. The van der Waals surface area contributed by atoms with E-state index in [1.54, 1.807) is 0 Å². The van der Waals surface area contributed by atoms with Crippen LogP contribution in [0.1, 0.15) is 41.7 Å². The van der Waals surface area contributed by atoms with E-state index in [0.29, 0.717) is 11.3 Å². The standard InChI is InChI=1S/C20H19N3O5S/c1-11(2)15-9-4-12(3)10-16(15)22-18(24)17(29-19(22)21-20(25)26)13-5-7-14(8-6-13)23(27)28/h4-11,17H,1-3H3,(H,25,26)/p-1. The van der Waals surface area contributed by atoms with E-state index in [2.05, 4.69) is 4.99 Å². The molecular weight excluding hydrogens is 394 g/mol. The number of thioether (sulfide) groups is 1. The Bertz CT molecular complexity index is 1020. The number of benzene rings is 2. The fourth-order valence-corrected chi connectivity index (χ4v) is 4.24. The summed E-state index contributed by atoms with van der Waals surface area (Å²) in [6.07, 6.45) is -1.65. The highest BCUT2D eigenvalue weighted by Gasteiger charge is 2.41. The molecule has 1 unspecified atom stereocenters. The fraction of sp³-hybridized carbons (Fsp3) is 0.250. The topological polar surface area (TPSA) is 116 Å². The molecule has 1 atom stereocenters. The van der Waals surface area contributed by atoms with E-state index >= 15 is 0 Å². The number of carbonyl (C=O) groups is 2. The lowest BCUT2D eigenvalue weighted by molar-refractivity contribution is -0.384. The second kappa shape index (κ2) is 8.04. The Balaban J connectivity index is 2.09. The van der Waals surface area contributed by atoms with E-state index in [1.807, 2.05) is 39.0 Å². The molecule has 0 aromatic heterocycles. The van der Waals surface area contributed by atoms with E-state index in [0.717, 1.165) is 22.9 Å². The number of nitro groups is 1. The van der Waals surface area contributed by atoms with Crippen molar-refractivity contribution in [1.82, 2.24) is 0 Å². The number of nitrogens with zero attached hydrogens (tertiary/aromatic N) is 3. The van der Waals surface area contributed by atoms with Gasteiger partial charge < -0.3 is 9.90 Å². The van der Waals surface area contributed by atoms with Gasteiger partial charge in [0.05, 0.1) is 10.6 Å². The third-order valence-electron chi connectivity index (χ3n) is 4.50. The van der Waals surface area contributed by atoms with Crippen LogP contribution in [-0.2, 0) is 4.79 Å². The Kier molecular flexibility index (Phi) is 5.69. The molecule has 2 amide bonds. The molecule has 1 aliphatic rings. The highest BCUT2D eigenvalue weighted by Crippen LogP contribution is 2.44. The van der Waals surface area contributed by atoms with Gasteiger partial charge in [0.1, 0.15) is 5.25 Å². The third kappa shape index (κ3) is 4.14. The van der Waals surface area contributed by atoms with Crippen molar-refractivity contribution in [2.24, 2.45) is 4.99 Å². The molecule has 8 nitrogen and oxygen atoms in total. The number of carboxylic acid groups (broad SMARTS) is 1. The molecule has 0 bridgehead atoms. The highest BCUT2D eigenvalue weighted by atomic mass is 32.2. The lowest BCUT2D eigenvalue weighted by Crippen LogP contribution is -2.33. The van der Waals surface area contributed by atoms with Gasteiger partial charge in [-0.05, 0) is 35.6 Å². The quantitative estimate of drug-likeness (QED) is 0.560. The van der Waals surface area contributed by atoms with Crippen molar-refractivity contribution in [3.8, 4) is 0 Å². The predicted octanol–water partition coefficient (Wildman–Crippen LogP) is 3.55. The molecule has 1 heterocycles. The lowest BCUT2D eigenvalue weighted by atomic mass is 9.98. The molecule has 2 aromatic rings. The molecule has 0 spiro atoms. The van der Waals surface area contributed by atoms with Crippen LogP contribution in [0.2, 0.25) is 0 Å². The number of amidine groups is 1. The van der Waals surface area contributed by atoms with Gasteiger partial charge in [-0.2, -0.15) is 0 Å². The normalized spacial score (nSPS) is 17.9. The summed E-state index contributed by atoms with van der Waals surface area (Å²) in [4.78, 5) is 39.6. The van der Waals surface area contributed by atoms with E-state index in [9.17, 15) is 24.8 Å². The zero-order chi connectivity index (χ0) is 21.3.